The standard InChI is InChI=1S/C13H28N2O2/c1-11(2)6-8-17-9-7-14-10-13(16)15(5)12(3)4/h11-12,14H,6-10H2,1-5H3. The molecule has 4 nitrogen and oxygen atoms in total. The highest BCUT2D eigenvalue weighted by atomic mass is 16.5. The lowest BCUT2D eigenvalue weighted by atomic mass is 10.1. The Balaban J connectivity index is 3.37. The highest BCUT2D eigenvalue weighted by Gasteiger charge is 2.10. The van der Waals surface area contributed by atoms with Crippen LogP contribution in [0.1, 0.15) is 34.1 Å². The third-order valence-electron chi connectivity index (χ3n) is 2.71. The van der Waals surface area contributed by atoms with Gasteiger partial charge in [-0.15, -0.1) is 0 Å². The molecule has 0 aliphatic rings. The number of hydrogen-bond acceptors (Lipinski definition) is 3. The molecule has 0 fully saturated rings. The van der Waals surface area contributed by atoms with E-state index in [-0.39, 0.29) is 11.9 Å². The van der Waals surface area contributed by atoms with Gasteiger partial charge in [-0.3, -0.25) is 4.79 Å². The smallest absolute Gasteiger partial charge is 0.236 e. The van der Waals surface area contributed by atoms with Crippen LogP contribution in [-0.4, -0.2) is 50.2 Å². The van der Waals surface area contributed by atoms with Crippen molar-refractivity contribution < 1.29 is 9.53 Å². The Morgan fingerprint density at radius 2 is 1.88 bits per heavy atom. The van der Waals surface area contributed by atoms with E-state index in [0.717, 1.165) is 19.6 Å². The van der Waals surface area contributed by atoms with E-state index in [1.165, 1.54) is 0 Å². The fraction of sp³-hybridized carbons (Fsp3) is 0.923. The van der Waals surface area contributed by atoms with E-state index in [2.05, 4.69) is 19.2 Å². The molecular formula is C13H28N2O2. The lowest BCUT2D eigenvalue weighted by molar-refractivity contribution is -0.130. The molecule has 0 aliphatic heterocycles. The summed E-state index contributed by atoms with van der Waals surface area (Å²) in [5, 5.41) is 3.09. The van der Waals surface area contributed by atoms with Crippen LogP contribution in [0.5, 0.6) is 0 Å². The minimum absolute atomic E-state index is 0.127. The molecule has 0 unspecified atom stereocenters. The first-order valence-corrected chi connectivity index (χ1v) is 6.49. The average molecular weight is 244 g/mol. The predicted molar refractivity (Wildman–Crippen MR) is 71.0 cm³/mol. The van der Waals surface area contributed by atoms with Gasteiger partial charge >= 0.3 is 0 Å². The van der Waals surface area contributed by atoms with E-state index < -0.39 is 0 Å². The van der Waals surface area contributed by atoms with E-state index >= 15 is 0 Å². The molecule has 0 saturated heterocycles. The average Bonchev–Trinajstić information content (AvgIpc) is 2.25. The molecule has 0 spiro atoms. The summed E-state index contributed by atoms with van der Waals surface area (Å²) in [6.07, 6.45) is 1.09. The minimum Gasteiger partial charge on any atom is -0.380 e. The zero-order valence-electron chi connectivity index (χ0n) is 12.0. The number of carbonyl (C=O) groups excluding carboxylic acids is 1. The second kappa shape index (κ2) is 9.42. The predicted octanol–water partition coefficient (Wildman–Crippen LogP) is 1.51. The maximum absolute atomic E-state index is 11.6. The highest BCUT2D eigenvalue weighted by Crippen LogP contribution is 1.98. The van der Waals surface area contributed by atoms with Gasteiger partial charge in [0.25, 0.3) is 0 Å². The van der Waals surface area contributed by atoms with Gasteiger partial charge in [0.05, 0.1) is 13.2 Å². The summed E-state index contributed by atoms with van der Waals surface area (Å²) >= 11 is 0. The Morgan fingerprint density at radius 1 is 1.24 bits per heavy atom. The number of nitrogens with one attached hydrogen (secondary N) is 1. The van der Waals surface area contributed by atoms with Gasteiger partial charge in [0.15, 0.2) is 0 Å². The number of likely N-dealkylation sites (N-methyl/N-ethyl adjacent to an activating group) is 1. The van der Waals surface area contributed by atoms with Crippen molar-refractivity contribution in [1.82, 2.24) is 10.2 Å². The summed E-state index contributed by atoms with van der Waals surface area (Å²) in [7, 11) is 1.83. The molecule has 0 radical (unpaired) electrons. The van der Waals surface area contributed by atoms with Crippen molar-refractivity contribution in [3.63, 3.8) is 0 Å². The molecule has 0 aliphatic carbocycles. The quantitative estimate of drug-likeness (QED) is 0.625. The van der Waals surface area contributed by atoms with Crippen LogP contribution in [0.2, 0.25) is 0 Å². The first-order chi connectivity index (χ1) is 7.95. The van der Waals surface area contributed by atoms with Crippen LogP contribution in [0.4, 0.5) is 0 Å². The fourth-order valence-electron chi connectivity index (χ4n) is 1.17. The Kier molecular flexibility index (Phi) is 9.09. The molecule has 17 heavy (non-hydrogen) atoms. The summed E-state index contributed by atoms with van der Waals surface area (Å²) in [4.78, 5) is 13.3. The van der Waals surface area contributed by atoms with Gasteiger partial charge in [-0.1, -0.05) is 13.8 Å². The summed E-state index contributed by atoms with van der Waals surface area (Å²) in [6.45, 7) is 11.0. The summed E-state index contributed by atoms with van der Waals surface area (Å²) in [5.74, 6) is 0.811. The van der Waals surface area contributed by atoms with Crippen molar-refractivity contribution in [2.75, 3.05) is 33.4 Å². The first-order valence-electron chi connectivity index (χ1n) is 6.49. The summed E-state index contributed by atoms with van der Waals surface area (Å²) in [6, 6.07) is 0.256. The van der Waals surface area contributed by atoms with Gasteiger partial charge in [-0.2, -0.15) is 0 Å². The Morgan fingerprint density at radius 3 is 2.41 bits per heavy atom. The van der Waals surface area contributed by atoms with Crippen LogP contribution in [0, 0.1) is 5.92 Å². The van der Waals surface area contributed by atoms with E-state index in [0.29, 0.717) is 19.1 Å². The van der Waals surface area contributed by atoms with Gasteiger partial charge in [0.1, 0.15) is 0 Å². The molecule has 0 aromatic heterocycles. The third kappa shape index (κ3) is 9.12. The molecule has 102 valence electrons. The van der Waals surface area contributed by atoms with Gasteiger partial charge in [-0.05, 0) is 26.2 Å². The fourth-order valence-corrected chi connectivity index (χ4v) is 1.17. The second-order valence-electron chi connectivity index (χ2n) is 5.07. The van der Waals surface area contributed by atoms with Crippen LogP contribution >= 0.6 is 0 Å². The SMILES string of the molecule is CC(C)CCOCCNCC(=O)N(C)C(C)C. The molecule has 0 rings (SSSR count). The zero-order valence-corrected chi connectivity index (χ0v) is 12.0. The van der Waals surface area contributed by atoms with E-state index in [1.54, 1.807) is 4.90 Å². The normalized spacial score (nSPS) is 11.2. The Bertz CT molecular complexity index is 206. The first kappa shape index (κ1) is 16.4. The Hall–Kier alpha value is -0.610. The van der Waals surface area contributed by atoms with Crippen molar-refractivity contribution in [3.8, 4) is 0 Å². The van der Waals surface area contributed by atoms with Crippen molar-refractivity contribution in [2.45, 2.75) is 40.2 Å². The molecule has 4 heteroatoms. The summed E-state index contributed by atoms with van der Waals surface area (Å²) in [5.41, 5.74) is 0. The van der Waals surface area contributed by atoms with E-state index in [4.69, 9.17) is 4.74 Å². The minimum atomic E-state index is 0.127. The number of rotatable bonds is 9. The molecule has 0 bridgehead atoms. The molecule has 0 aromatic rings. The molecule has 0 heterocycles. The number of hydrogen-bond donors (Lipinski definition) is 1. The Labute approximate surface area is 106 Å². The molecule has 0 atom stereocenters. The van der Waals surface area contributed by atoms with Gasteiger partial charge < -0.3 is 15.0 Å². The molecule has 1 amide bonds. The highest BCUT2D eigenvalue weighted by molar-refractivity contribution is 5.78. The summed E-state index contributed by atoms with van der Waals surface area (Å²) < 4.78 is 5.45. The topological polar surface area (TPSA) is 41.6 Å². The molecule has 1 N–H and O–H groups in total. The monoisotopic (exact) mass is 244 g/mol. The van der Waals surface area contributed by atoms with Crippen LogP contribution in [0.25, 0.3) is 0 Å². The van der Waals surface area contributed by atoms with Gasteiger partial charge in [-0.25, -0.2) is 0 Å². The van der Waals surface area contributed by atoms with Crippen molar-refractivity contribution >= 4 is 5.91 Å². The van der Waals surface area contributed by atoms with Gasteiger partial charge in [0, 0.05) is 26.2 Å². The third-order valence-corrected chi connectivity index (χ3v) is 2.71. The number of amides is 1. The number of nitrogens with zero attached hydrogens (tertiary/aromatic N) is 1. The zero-order chi connectivity index (χ0) is 13.3. The maximum atomic E-state index is 11.6. The van der Waals surface area contributed by atoms with Crippen LogP contribution in [-0.2, 0) is 9.53 Å². The molecule has 0 saturated carbocycles. The second-order valence-corrected chi connectivity index (χ2v) is 5.07. The molecule has 0 aromatic carbocycles. The van der Waals surface area contributed by atoms with Crippen molar-refractivity contribution in [2.24, 2.45) is 5.92 Å². The number of ether oxygens (including phenoxy) is 1. The number of carbonyl (C=O) groups is 1. The maximum Gasteiger partial charge on any atom is 0.236 e. The van der Waals surface area contributed by atoms with Crippen molar-refractivity contribution in [1.29, 1.82) is 0 Å². The van der Waals surface area contributed by atoms with Crippen LogP contribution in [0.3, 0.4) is 0 Å². The van der Waals surface area contributed by atoms with E-state index in [1.807, 2.05) is 20.9 Å². The lowest BCUT2D eigenvalue weighted by Gasteiger charge is -2.21. The molecular weight excluding hydrogens is 216 g/mol. The van der Waals surface area contributed by atoms with Crippen LogP contribution < -0.4 is 5.32 Å². The van der Waals surface area contributed by atoms with Gasteiger partial charge in [0.2, 0.25) is 5.91 Å². The lowest BCUT2D eigenvalue weighted by Crippen LogP contribution is -2.40. The van der Waals surface area contributed by atoms with Crippen molar-refractivity contribution in [3.05, 3.63) is 0 Å². The van der Waals surface area contributed by atoms with Crippen LogP contribution in [0.15, 0.2) is 0 Å². The largest absolute Gasteiger partial charge is 0.380 e. The van der Waals surface area contributed by atoms with E-state index in [9.17, 15) is 4.79 Å².